The molecular weight excluding hydrogens is 346 g/mol. The van der Waals surface area contributed by atoms with Gasteiger partial charge in [-0.05, 0) is 39.7 Å². The van der Waals surface area contributed by atoms with Gasteiger partial charge in [0.05, 0.1) is 25.8 Å². The Kier molecular flexibility index (Phi) is 6.10. The van der Waals surface area contributed by atoms with E-state index in [1.54, 1.807) is 21.3 Å². The van der Waals surface area contributed by atoms with Gasteiger partial charge < -0.3 is 19.5 Å². The maximum Gasteiger partial charge on any atom is 0.174 e. The first-order valence-electron chi connectivity index (χ1n) is 6.92. The van der Waals surface area contributed by atoms with Crippen LogP contribution in [0.15, 0.2) is 40.9 Å². The third-order valence-corrected chi connectivity index (χ3v) is 3.92. The van der Waals surface area contributed by atoms with Crippen molar-refractivity contribution >= 4 is 15.9 Å². The first-order valence-corrected chi connectivity index (χ1v) is 7.72. The summed E-state index contributed by atoms with van der Waals surface area (Å²) in [6.07, 6.45) is 0. The molecule has 22 heavy (non-hydrogen) atoms. The fourth-order valence-electron chi connectivity index (χ4n) is 2.26. The molecule has 0 saturated carbocycles. The summed E-state index contributed by atoms with van der Waals surface area (Å²) in [6.45, 7) is 1.45. The van der Waals surface area contributed by atoms with Crippen molar-refractivity contribution < 1.29 is 14.2 Å². The third kappa shape index (κ3) is 3.93. The van der Waals surface area contributed by atoms with Crippen molar-refractivity contribution in [3.63, 3.8) is 0 Å². The quantitative estimate of drug-likeness (QED) is 0.810. The van der Waals surface area contributed by atoms with E-state index in [-0.39, 0.29) is 0 Å². The second kappa shape index (κ2) is 8.06. The van der Waals surface area contributed by atoms with Gasteiger partial charge in [0.1, 0.15) is 5.75 Å². The summed E-state index contributed by atoms with van der Waals surface area (Å²) in [7, 11) is 4.95. The molecule has 2 aromatic rings. The van der Waals surface area contributed by atoms with Crippen LogP contribution >= 0.6 is 15.9 Å². The molecule has 0 radical (unpaired) electrons. The summed E-state index contributed by atoms with van der Waals surface area (Å²) in [5, 5.41) is 3.41. The molecule has 0 aromatic heterocycles. The lowest BCUT2D eigenvalue weighted by atomic mass is 10.1. The van der Waals surface area contributed by atoms with Crippen molar-refractivity contribution in [2.24, 2.45) is 0 Å². The van der Waals surface area contributed by atoms with Gasteiger partial charge in [-0.3, -0.25) is 0 Å². The van der Waals surface area contributed by atoms with E-state index in [1.807, 2.05) is 30.3 Å². The zero-order valence-electron chi connectivity index (χ0n) is 13.0. The molecule has 0 heterocycles. The highest BCUT2D eigenvalue weighted by atomic mass is 79.9. The monoisotopic (exact) mass is 365 g/mol. The van der Waals surface area contributed by atoms with Crippen LogP contribution in [0.25, 0.3) is 0 Å². The van der Waals surface area contributed by atoms with Gasteiger partial charge in [-0.2, -0.15) is 0 Å². The molecule has 0 saturated heterocycles. The fourth-order valence-corrected chi connectivity index (χ4v) is 2.92. The van der Waals surface area contributed by atoms with E-state index in [0.717, 1.165) is 34.4 Å². The fraction of sp³-hybridized carbons (Fsp3) is 0.294. The number of ether oxygens (including phenoxy) is 3. The van der Waals surface area contributed by atoms with Crippen LogP contribution in [0.3, 0.4) is 0 Å². The van der Waals surface area contributed by atoms with E-state index < -0.39 is 0 Å². The lowest BCUT2D eigenvalue weighted by Crippen LogP contribution is -2.13. The molecule has 0 aliphatic heterocycles. The number of methoxy groups -OCH3 is 3. The second-order valence-corrected chi connectivity index (χ2v) is 5.58. The number of rotatable bonds is 7. The van der Waals surface area contributed by atoms with E-state index >= 15 is 0 Å². The highest BCUT2D eigenvalue weighted by molar-refractivity contribution is 9.10. The molecule has 2 rings (SSSR count). The summed E-state index contributed by atoms with van der Waals surface area (Å²) in [6, 6.07) is 12.0. The van der Waals surface area contributed by atoms with Crippen molar-refractivity contribution in [1.29, 1.82) is 0 Å². The van der Waals surface area contributed by atoms with Crippen LogP contribution in [0.2, 0.25) is 0 Å². The number of halogens is 1. The molecule has 4 nitrogen and oxygen atoms in total. The zero-order chi connectivity index (χ0) is 15.9. The third-order valence-electron chi connectivity index (χ3n) is 3.33. The number of hydrogen-bond acceptors (Lipinski definition) is 4. The summed E-state index contributed by atoms with van der Waals surface area (Å²) in [4.78, 5) is 0. The second-order valence-electron chi connectivity index (χ2n) is 4.73. The summed E-state index contributed by atoms with van der Waals surface area (Å²) < 4.78 is 16.9. The molecule has 0 unspecified atom stereocenters. The van der Waals surface area contributed by atoms with Gasteiger partial charge in [-0.15, -0.1) is 0 Å². The maximum atomic E-state index is 5.36. The minimum absolute atomic E-state index is 0.705. The summed E-state index contributed by atoms with van der Waals surface area (Å²) >= 11 is 3.51. The van der Waals surface area contributed by atoms with Crippen LogP contribution in [-0.4, -0.2) is 21.3 Å². The van der Waals surface area contributed by atoms with Gasteiger partial charge in [0.25, 0.3) is 0 Å². The average Bonchev–Trinajstić information content (AvgIpc) is 2.54. The minimum atomic E-state index is 0.705. The van der Waals surface area contributed by atoms with Gasteiger partial charge in [-0.1, -0.05) is 18.2 Å². The predicted octanol–water partition coefficient (Wildman–Crippen LogP) is 3.76. The Morgan fingerprint density at radius 3 is 2.32 bits per heavy atom. The Labute approximate surface area is 139 Å². The molecule has 2 aromatic carbocycles. The van der Waals surface area contributed by atoms with Gasteiger partial charge >= 0.3 is 0 Å². The highest BCUT2D eigenvalue weighted by Gasteiger charge is 2.10. The summed E-state index contributed by atoms with van der Waals surface area (Å²) in [5.41, 5.74) is 2.24. The number of para-hydroxylation sites is 1. The van der Waals surface area contributed by atoms with Crippen LogP contribution in [0, 0.1) is 0 Å². The van der Waals surface area contributed by atoms with Gasteiger partial charge in [0.2, 0.25) is 0 Å². The molecule has 0 aliphatic rings. The number of benzene rings is 2. The molecule has 0 fully saturated rings. The molecule has 0 atom stereocenters. The van der Waals surface area contributed by atoms with E-state index in [1.165, 1.54) is 0 Å². The van der Waals surface area contributed by atoms with Gasteiger partial charge in [0, 0.05) is 18.7 Å². The van der Waals surface area contributed by atoms with Crippen LogP contribution in [0.1, 0.15) is 11.1 Å². The molecule has 1 N–H and O–H groups in total. The smallest absolute Gasteiger partial charge is 0.174 e. The first kappa shape index (κ1) is 16.6. The van der Waals surface area contributed by atoms with Gasteiger partial charge in [-0.25, -0.2) is 0 Å². The zero-order valence-corrected chi connectivity index (χ0v) is 14.6. The number of hydrogen-bond donors (Lipinski definition) is 1. The molecular formula is C17H20BrNO3. The standard InChI is InChI=1S/C17H20BrNO3/c1-20-15-7-5-4-6-13(15)11-19-10-12-8-14(18)17(22-3)16(9-12)21-2/h4-9,19H,10-11H2,1-3H3. The Morgan fingerprint density at radius 2 is 1.64 bits per heavy atom. The van der Waals surface area contributed by atoms with Crippen molar-refractivity contribution in [3.05, 3.63) is 52.0 Å². The largest absolute Gasteiger partial charge is 0.496 e. The maximum absolute atomic E-state index is 5.36. The Morgan fingerprint density at radius 1 is 0.909 bits per heavy atom. The SMILES string of the molecule is COc1ccccc1CNCc1cc(Br)c(OC)c(OC)c1. The normalized spacial score (nSPS) is 10.4. The van der Waals surface area contributed by atoms with E-state index in [4.69, 9.17) is 14.2 Å². The first-order chi connectivity index (χ1) is 10.7. The summed E-state index contributed by atoms with van der Waals surface area (Å²) in [5.74, 6) is 2.31. The molecule has 0 spiro atoms. The van der Waals surface area contributed by atoms with Crippen molar-refractivity contribution in [1.82, 2.24) is 5.32 Å². The molecule has 118 valence electrons. The molecule has 0 aliphatic carbocycles. The lowest BCUT2D eigenvalue weighted by Gasteiger charge is -2.13. The Hall–Kier alpha value is -1.72. The molecule has 0 bridgehead atoms. The van der Waals surface area contributed by atoms with Crippen LogP contribution in [0.5, 0.6) is 17.2 Å². The highest BCUT2D eigenvalue weighted by Crippen LogP contribution is 2.36. The van der Waals surface area contributed by atoms with Crippen LogP contribution in [0.4, 0.5) is 0 Å². The van der Waals surface area contributed by atoms with Gasteiger partial charge in [0.15, 0.2) is 11.5 Å². The van der Waals surface area contributed by atoms with E-state index in [0.29, 0.717) is 11.5 Å². The Bertz CT molecular complexity index is 631. The van der Waals surface area contributed by atoms with Crippen molar-refractivity contribution in [2.45, 2.75) is 13.1 Å². The predicted molar refractivity (Wildman–Crippen MR) is 90.8 cm³/mol. The van der Waals surface area contributed by atoms with Crippen molar-refractivity contribution in [2.75, 3.05) is 21.3 Å². The van der Waals surface area contributed by atoms with Crippen LogP contribution in [-0.2, 0) is 13.1 Å². The molecule has 0 amide bonds. The average molecular weight is 366 g/mol. The number of nitrogens with one attached hydrogen (secondary N) is 1. The van der Waals surface area contributed by atoms with Crippen molar-refractivity contribution in [3.8, 4) is 17.2 Å². The lowest BCUT2D eigenvalue weighted by molar-refractivity contribution is 0.352. The topological polar surface area (TPSA) is 39.7 Å². The molecule has 5 heteroatoms. The van der Waals surface area contributed by atoms with E-state index in [2.05, 4.69) is 27.3 Å². The van der Waals surface area contributed by atoms with Crippen LogP contribution < -0.4 is 19.5 Å². The Balaban J connectivity index is 2.04. The minimum Gasteiger partial charge on any atom is -0.496 e. The van der Waals surface area contributed by atoms with E-state index in [9.17, 15) is 0 Å².